The molecule has 0 aliphatic heterocycles. The molecule has 0 unspecified atom stereocenters. The first kappa shape index (κ1) is 16.2. The Hall–Kier alpha value is -2.22. The summed E-state index contributed by atoms with van der Waals surface area (Å²) in [5.41, 5.74) is -0.650. The number of hydrogen-bond donors (Lipinski definition) is 1. The van der Waals surface area contributed by atoms with Gasteiger partial charge in [-0.3, -0.25) is 14.1 Å². The fourth-order valence-corrected chi connectivity index (χ4v) is 2.95. The molecule has 118 valence electrons. The molecule has 0 bridgehead atoms. The lowest BCUT2D eigenvalue weighted by Crippen LogP contribution is -2.27. The number of alkyl halides is 2. The zero-order chi connectivity index (χ0) is 16.2. The summed E-state index contributed by atoms with van der Waals surface area (Å²) >= 11 is 0. The van der Waals surface area contributed by atoms with Crippen molar-refractivity contribution in [2.75, 3.05) is 10.5 Å². The maximum absolute atomic E-state index is 12.6. The fraction of sp³-hybridized carbons (Fsp3) is 0.214. The number of benzene rings is 1. The number of anilines is 1. The summed E-state index contributed by atoms with van der Waals surface area (Å²) in [6.45, 7) is -3.03. The van der Waals surface area contributed by atoms with Gasteiger partial charge in [0.15, 0.2) is 0 Å². The summed E-state index contributed by atoms with van der Waals surface area (Å²) < 4.78 is 51.3. The van der Waals surface area contributed by atoms with Gasteiger partial charge in [0.1, 0.15) is 5.69 Å². The SMILES string of the molecule is O=c1c(NS(=O)(=O)CCc2ccccc2)cccn1C(F)F. The van der Waals surface area contributed by atoms with Gasteiger partial charge in [-0.25, -0.2) is 8.42 Å². The molecule has 1 aromatic carbocycles. The van der Waals surface area contributed by atoms with E-state index in [1.165, 1.54) is 6.07 Å². The lowest BCUT2D eigenvalue weighted by Gasteiger charge is -2.10. The Kier molecular flexibility index (Phi) is 4.92. The van der Waals surface area contributed by atoms with Crippen LogP contribution in [0.5, 0.6) is 0 Å². The Bertz CT molecular complexity index is 789. The van der Waals surface area contributed by atoms with Crippen molar-refractivity contribution in [3.05, 3.63) is 64.6 Å². The third-order valence-electron chi connectivity index (χ3n) is 2.95. The van der Waals surface area contributed by atoms with Gasteiger partial charge >= 0.3 is 6.55 Å². The van der Waals surface area contributed by atoms with Crippen LogP contribution in [0.3, 0.4) is 0 Å². The number of halogens is 2. The average Bonchev–Trinajstić information content (AvgIpc) is 2.48. The third-order valence-corrected chi connectivity index (χ3v) is 4.23. The van der Waals surface area contributed by atoms with Crippen LogP contribution in [0.25, 0.3) is 0 Å². The molecule has 2 rings (SSSR count). The summed E-state index contributed by atoms with van der Waals surface area (Å²) in [7, 11) is -3.81. The lowest BCUT2D eigenvalue weighted by atomic mass is 10.2. The summed E-state index contributed by atoms with van der Waals surface area (Å²) in [5.74, 6) is -0.250. The predicted octanol–water partition coefficient (Wildman–Crippen LogP) is 2.23. The highest BCUT2D eigenvalue weighted by Crippen LogP contribution is 2.10. The van der Waals surface area contributed by atoms with Crippen molar-refractivity contribution in [3.63, 3.8) is 0 Å². The number of rotatable bonds is 6. The molecule has 0 saturated carbocycles. The van der Waals surface area contributed by atoms with Crippen LogP contribution in [0.15, 0.2) is 53.5 Å². The van der Waals surface area contributed by atoms with E-state index >= 15 is 0 Å². The van der Waals surface area contributed by atoms with Crippen molar-refractivity contribution in [1.29, 1.82) is 0 Å². The van der Waals surface area contributed by atoms with Gasteiger partial charge in [-0.15, -0.1) is 0 Å². The topological polar surface area (TPSA) is 68.2 Å². The van der Waals surface area contributed by atoms with Gasteiger partial charge in [0.2, 0.25) is 10.0 Å². The summed E-state index contributed by atoms with van der Waals surface area (Å²) in [4.78, 5) is 11.7. The molecule has 22 heavy (non-hydrogen) atoms. The molecule has 2 aromatic rings. The van der Waals surface area contributed by atoms with Crippen molar-refractivity contribution in [2.24, 2.45) is 0 Å². The average molecular weight is 328 g/mol. The standard InChI is InChI=1S/C14H14F2N2O3S/c15-14(16)18-9-4-7-12(13(18)19)17-22(20,21)10-8-11-5-2-1-3-6-11/h1-7,9,14,17H,8,10H2. The van der Waals surface area contributed by atoms with Gasteiger partial charge in [-0.2, -0.15) is 8.78 Å². The number of sulfonamides is 1. The fourth-order valence-electron chi connectivity index (χ4n) is 1.86. The molecule has 0 spiro atoms. The van der Waals surface area contributed by atoms with Gasteiger partial charge in [-0.05, 0) is 24.1 Å². The maximum atomic E-state index is 12.6. The molecular formula is C14H14F2N2O3S. The molecule has 8 heteroatoms. The van der Waals surface area contributed by atoms with Crippen LogP contribution >= 0.6 is 0 Å². The summed E-state index contributed by atoms with van der Waals surface area (Å²) in [6, 6.07) is 11.3. The highest BCUT2D eigenvalue weighted by atomic mass is 32.2. The Labute approximate surface area is 126 Å². The number of aromatic nitrogens is 1. The largest absolute Gasteiger partial charge is 0.321 e. The van der Waals surface area contributed by atoms with E-state index in [9.17, 15) is 22.0 Å². The Morgan fingerprint density at radius 1 is 1.09 bits per heavy atom. The van der Waals surface area contributed by atoms with E-state index in [1.54, 1.807) is 24.3 Å². The Morgan fingerprint density at radius 3 is 2.41 bits per heavy atom. The molecule has 0 atom stereocenters. The Balaban J connectivity index is 2.12. The third kappa shape index (κ3) is 4.14. The molecule has 5 nitrogen and oxygen atoms in total. The molecular weight excluding hydrogens is 314 g/mol. The van der Waals surface area contributed by atoms with Gasteiger partial charge in [0, 0.05) is 6.20 Å². The molecule has 0 saturated heterocycles. The van der Waals surface area contributed by atoms with Crippen LogP contribution in [-0.4, -0.2) is 18.7 Å². The molecule has 0 aliphatic rings. The van der Waals surface area contributed by atoms with Crippen molar-refractivity contribution in [2.45, 2.75) is 13.0 Å². The van der Waals surface area contributed by atoms with Crippen LogP contribution < -0.4 is 10.3 Å². The molecule has 0 fully saturated rings. The minimum atomic E-state index is -3.81. The molecule has 0 aliphatic carbocycles. The van der Waals surface area contributed by atoms with Crippen molar-refractivity contribution in [3.8, 4) is 0 Å². The minimum Gasteiger partial charge on any atom is -0.278 e. The van der Waals surface area contributed by atoms with Gasteiger partial charge in [0.05, 0.1) is 5.75 Å². The normalized spacial score (nSPS) is 11.6. The van der Waals surface area contributed by atoms with Gasteiger partial charge < -0.3 is 0 Å². The molecule has 0 amide bonds. The van der Waals surface area contributed by atoms with Gasteiger partial charge in [-0.1, -0.05) is 30.3 Å². The zero-order valence-electron chi connectivity index (χ0n) is 11.4. The molecule has 1 heterocycles. The van der Waals surface area contributed by atoms with Crippen LogP contribution in [0.1, 0.15) is 12.1 Å². The predicted molar refractivity (Wildman–Crippen MR) is 79.5 cm³/mol. The lowest BCUT2D eigenvalue weighted by molar-refractivity contribution is 0.0666. The van der Waals surface area contributed by atoms with E-state index in [2.05, 4.69) is 4.72 Å². The first-order valence-electron chi connectivity index (χ1n) is 6.43. The summed E-state index contributed by atoms with van der Waals surface area (Å²) in [5, 5.41) is 0. The van der Waals surface area contributed by atoms with E-state index in [1.807, 2.05) is 6.07 Å². The summed E-state index contributed by atoms with van der Waals surface area (Å²) in [6.07, 6.45) is 1.15. The van der Waals surface area contributed by atoms with Crippen molar-refractivity contribution in [1.82, 2.24) is 4.57 Å². The van der Waals surface area contributed by atoms with Crippen molar-refractivity contribution >= 4 is 15.7 Å². The highest BCUT2D eigenvalue weighted by molar-refractivity contribution is 7.92. The monoisotopic (exact) mass is 328 g/mol. The smallest absolute Gasteiger partial charge is 0.278 e. The van der Waals surface area contributed by atoms with Crippen LogP contribution in [0.4, 0.5) is 14.5 Å². The number of pyridine rings is 1. The van der Waals surface area contributed by atoms with E-state index in [-0.39, 0.29) is 16.7 Å². The number of nitrogens with one attached hydrogen (secondary N) is 1. The van der Waals surface area contributed by atoms with E-state index in [0.29, 0.717) is 0 Å². The highest BCUT2D eigenvalue weighted by Gasteiger charge is 2.16. The minimum absolute atomic E-state index is 0.162. The van der Waals surface area contributed by atoms with Crippen LogP contribution in [-0.2, 0) is 16.4 Å². The van der Waals surface area contributed by atoms with Gasteiger partial charge in [0.25, 0.3) is 5.56 Å². The van der Waals surface area contributed by atoms with Crippen molar-refractivity contribution < 1.29 is 17.2 Å². The van der Waals surface area contributed by atoms with E-state index < -0.39 is 27.8 Å². The number of nitrogens with zero attached hydrogens (tertiary/aromatic N) is 1. The Morgan fingerprint density at radius 2 is 1.77 bits per heavy atom. The molecule has 0 radical (unpaired) electrons. The van der Waals surface area contributed by atoms with E-state index in [0.717, 1.165) is 17.8 Å². The number of hydrogen-bond acceptors (Lipinski definition) is 3. The second kappa shape index (κ2) is 6.69. The first-order valence-corrected chi connectivity index (χ1v) is 8.08. The second-order valence-corrected chi connectivity index (χ2v) is 6.41. The molecule has 1 N–H and O–H groups in total. The zero-order valence-corrected chi connectivity index (χ0v) is 12.3. The number of aryl methyl sites for hydroxylation is 1. The van der Waals surface area contributed by atoms with E-state index in [4.69, 9.17) is 0 Å². The molecule has 1 aromatic heterocycles. The quantitative estimate of drug-likeness (QED) is 0.884. The van der Waals surface area contributed by atoms with Crippen LogP contribution in [0.2, 0.25) is 0 Å². The maximum Gasteiger partial charge on any atom is 0.321 e. The van der Waals surface area contributed by atoms with Crippen LogP contribution in [0, 0.1) is 0 Å². The first-order chi connectivity index (χ1) is 10.4. The second-order valence-electron chi connectivity index (χ2n) is 4.57.